The van der Waals surface area contributed by atoms with Gasteiger partial charge in [-0.25, -0.2) is 0 Å². The van der Waals surface area contributed by atoms with Crippen molar-refractivity contribution < 1.29 is 9.47 Å². The molecule has 0 N–H and O–H groups in total. The molecule has 0 atom stereocenters. The smallest absolute Gasteiger partial charge is 0.170 e. The molecule has 0 saturated carbocycles. The fraction of sp³-hybridized carbons (Fsp3) is 0.111. The van der Waals surface area contributed by atoms with Crippen LogP contribution in [-0.4, -0.2) is 0 Å². The highest BCUT2D eigenvalue weighted by atomic mass is 16.6. The van der Waals surface area contributed by atoms with Crippen molar-refractivity contribution in [2.75, 3.05) is 0 Å². The molecule has 0 saturated heterocycles. The first-order chi connectivity index (χ1) is 19.5. The summed E-state index contributed by atoms with van der Waals surface area (Å²) in [6.07, 6.45) is 0. The number of fused-ring (bicyclic) bond motifs is 4. The topological polar surface area (TPSA) is 66.0 Å². The summed E-state index contributed by atoms with van der Waals surface area (Å²) >= 11 is 0. The lowest BCUT2D eigenvalue weighted by atomic mass is 9.64. The molecule has 0 spiro atoms. The van der Waals surface area contributed by atoms with Crippen molar-refractivity contribution in [3.63, 3.8) is 0 Å². The zero-order valence-electron chi connectivity index (χ0n) is 22.1. The second kappa shape index (κ2) is 8.87. The van der Waals surface area contributed by atoms with E-state index in [-0.39, 0.29) is 11.3 Å². The van der Waals surface area contributed by atoms with Crippen LogP contribution in [0.2, 0.25) is 0 Å². The average molecular weight is 517 g/mol. The Labute approximate surface area is 233 Å². The van der Waals surface area contributed by atoms with Crippen molar-refractivity contribution in [1.29, 1.82) is 10.5 Å². The molecule has 0 radical (unpaired) electrons. The van der Waals surface area contributed by atoms with Gasteiger partial charge in [0.1, 0.15) is 0 Å². The van der Waals surface area contributed by atoms with Crippen molar-refractivity contribution in [3.8, 4) is 46.3 Å². The Morgan fingerprint density at radius 3 is 1.93 bits per heavy atom. The average Bonchev–Trinajstić information content (AvgIpc) is 2.99. The van der Waals surface area contributed by atoms with Gasteiger partial charge >= 0.3 is 0 Å². The van der Waals surface area contributed by atoms with Crippen LogP contribution in [0.3, 0.4) is 0 Å². The highest BCUT2D eigenvalue weighted by molar-refractivity contribution is 5.75. The molecule has 0 aromatic heterocycles. The standard InChI is InChI=1S/C36H24N2O2/c1-36(2)29-9-5-3-7-27(29)35(28-8-4-6-10-30(28)36)24-13-16-32-34(19-24)40-33-18-23(12-15-31(33)39-32)26-14-11-22(20-37)17-25(26)21-38/h3-19,35H,1-2H3. The molecular weight excluding hydrogens is 492 g/mol. The second-order valence-corrected chi connectivity index (χ2v) is 10.8. The minimum Gasteiger partial charge on any atom is -0.450 e. The van der Waals surface area contributed by atoms with Gasteiger partial charge in [0.05, 0.1) is 23.3 Å². The predicted octanol–water partition coefficient (Wildman–Crippen LogP) is 8.81. The van der Waals surface area contributed by atoms with Gasteiger partial charge in [0, 0.05) is 11.3 Å². The van der Waals surface area contributed by atoms with Gasteiger partial charge in [-0.2, -0.15) is 10.5 Å². The lowest BCUT2D eigenvalue weighted by Gasteiger charge is -2.39. The first-order valence-corrected chi connectivity index (χ1v) is 13.2. The van der Waals surface area contributed by atoms with Crippen LogP contribution in [0.15, 0.2) is 103 Å². The number of rotatable bonds is 2. The van der Waals surface area contributed by atoms with Gasteiger partial charge in [-0.1, -0.05) is 80.6 Å². The fourth-order valence-corrected chi connectivity index (χ4v) is 6.21. The first kappa shape index (κ1) is 23.8. The maximum absolute atomic E-state index is 9.68. The number of nitrogens with zero attached hydrogens (tertiary/aromatic N) is 2. The molecule has 1 heterocycles. The van der Waals surface area contributed by atoms with Gasteiger partial charge in [-0.3, -0.25) is 0 Å². The van der Waals surface area contributed by atoms with E-state index in [2.05, 4.69) is 86.6 Å². The zero-order chi connectivity index (χ0) is 27.4. The minimum absolute atomic E-state index is 0.0684. The molecular formula is C36H24N2O2. The summed E-state index contributed by atoms with van der Waals surface area (Å²) in [6, 6.07) is 38.7. The molecule has 5 aromatic carbocycles. The van der Waals surface area contributed by atoms with Gasteiger partial charge in [-0.05, 0) is 75.3 Å². The molecule has 4 nitrogen and oxygen atoms in total. The highest BCUT2D eigenvalue weighted by Gasteiger charge is 2.38. The summed E-state index contributed by atoms with van der Waals surface area (Å²) in [6.45, 7) is 4.59. The number of nitriles is 2. The van der Waals surface area contributed by atoms with Crippen molar-refractivity contribution in [2.45, 2.75) is 25.2 Å². The Morgan fingerprint density at radius 2 is 1.25 bits per heavy atom. The molecule has 1 aliphatic heterocycles. The van der Waals surface area contributed by atoms with E-state index >= 15 is 0 Å². The molecule has 4 heteroatoms. The molecule has 40 heavy (non-hydrogen) atoms. The normalized spacial score (nSPS) is 14.2. The van der Waals surface area contributed by atoms with Gasteiger partial charge in [0.15, 0.2) is 23.0 Å². The molecule has 0 bridgehead atoms. The summed E-state index contributed by atoms with van der Waals surface area (Å²) < 4.78 is 12.7. The lowest BCUT2D eigenvalue weighted by Crippen LogP contribution is -2.29. The number of benzene rings is 5. The van der Waals surface area contributed by atoms with Crippen molar-refractivity contribution in [2.24, 2.45) is 0 Å². The van der Waals surface area contributed by atoms with E-state index < -0.39 is 0 Å². The Balaban J connectivity index is 1.30. The SMILES string of the molecule is CC1(C)c2ccccc2C(c2ccc3c(c2)Oc2cc(-c4ccc(C#N)cc4C#N)ccc2O3)c2ccccc21. The third-order valence-corrected chi connectivity index (χ3v) is 8.16. The Morgan fingerprint density at radius 1 is 0.625 bits per heavy atom. The maximum atomic E-state index is 9.68. The van der Waals surface area contributed by atoms with Crippen LogP contribution >= 0.6 is 0 Å². The molecule has 2 aliphatic rings. The minimum atomic E-state index is -0.0967. The first-order valence-electron chi connectivity index (χ1n) is 13.2. The molecule has 0 amide bonds. The lowest BCUT2D eigenvalue weighted by molar-refractivity contribution is 0.359. The Kier molecular flexibility index (Phi) is 5.27. The van der Waals surface area contributed by atoms with E-state index in [9.17, 15) is 10.5 Å². The second-order valence-electron chi connectivity index (χ2n) is 10.8. The van der Waals surface area contributed by atoms with Crippen LogP contribution in [0.5, 0.6) is 23.0 Å². The molecule has 0 unspecified atom stereocenters. The molecule has 0 fully saturated rings. The van der Waals surface area contributed by atoms with E-state index in [0.717, 1.165) is 16.7 Å². The van der Waals surface area contributed by atoms with Crippen LogP contribution in [0, 0.1) is 22.7 Å². The molecule has 7 rings (SSSR count). The van der Waals surface area contributed by atoms with E-state index in [4.69, 9.17) is 9.47 Å². The number of hydrogen-bond donors (Lipinski definition) is 0. The van der Waals surface area contributed by atoms with E-state index in [1.54, 1.807) is 18.2 Å². The monoisotopic (exact) mass is 516 g/mol. The van der Waals surface area contributed by atoms with Crippen LogP contribution in [0.1, 0.15) is 58.7 Å². The Bertz CT molecular complexity index is 1870. The zero-order valence-corrected chi connectivity index (χ0v) is 22.1. The van der Waals surface area contributed by atoms with Crippen LogP contribution in [-0.2, 0) is 5.41 Å². The number of ether oxygens (including phenoxy) is 2. The van der Waals surface area contributed by atoms with Crippen LogP contribution in [0.25, 0.3) is 11.1 Å². The van der Waals surface area contributed by atoms with Gasteiger partial charge in [-0.15, -0.1) is 0 Å². The summed E-state index contributed by atoms with van der Waals surface area (Å²) in [5.74, 6) is 2.59. The molecule has 5 aromatic rings. The van der Waals surface area contributed by atoms with Crippen LogP contribution in [0.4, 0.5) is 0 Å². The molecule has 1 aliphatic carbocycles. The van der Waals surface area contributed by atoms with E-state index in [1.165, 1.54) is 22.3 Å². The Hall–Kier alpha value is -5.32. The summed E-state index contributed by atoms with van der Waals surface area (Å²) in [5.41, 5.74) is 8.76. The maximum Gasteiger partial charge on any atom is 0.170 e. The summed E-state index contributed by atoms with van der Waals surface area (Å²) in [5, 5.41) is 18.9. The predicted molar refractivity (Wildman–Crippen MR) is 154 cm³/mol. The number of hydrogen-bond acceptors (Lipinski definition) is 4. The van der Waals surface area contributed by atoms with Crippen molar-refractivity contribution >= 4 is 0 Å². The van der Waals surface area contributed by atoms with E-state index in [0.29, 0.717) is 34.1 Å². The highest BCUT2D eigenvalue weighted by Crippen LogP contribution is 2.52. The third-order valence-electron chi connectivity index (χ3n) is 8.16. The van der Waals surface area contributed by atoms with E-state index in [1.807, 2.05) is 24.3 Å². The van der Waals surface area contributed by atoms with Gasteiger partial charge < -0.3 is 9.47 Å². The largest absolute Gasteiger partial charge is 0.450 e. The fourth-order valence-electron chi connectivity index (χ4n) is 6.21. The van der Waals surface area contributed by atoms with Crippen LogP contribution < -0.4 is 9.47 Å². The van der Waals surface area contributed by atoms with Crippen molar-refractivity contribution in [1.82, 2.24) is 0 Å². The third kappa shape index (κ3) is 3.58. The van der Waals surface area contributed by atoms with Gasteiger partial charge in [0.2, 0.25) is 0 Å². The van der Waals surface area contributed by atoms with Crippen molar-refractivity contribution in [3.05, 3.63) is 142 Å². The summed E-state index contributed by atoms with van der Waals surface area (Å²) in [4.78, 5) is 0. The van der Waals surface area contributed by atoms with Gasteiger partial charge in [0.25, 0.3) is 0 Å². The molecule has 190 valence electrons. The quantitative estimate of drug-likeness (QED) is 0.231. The summed E-state index contributed by atoms with van der Waals surface area (Å²) in [7, 11) is 0.